The van der Waals surface area contributed by atoms with Gasteiger partial charge in [0.2, 0.25) is 0 Å². The first-order valence-electron chi connectivity index (χ1n) is 9.55. The van der Waals surface area contributed by atoms with Crippen molar-refractivity contribution >= 4 is 5.82 Å². The highest BCUT2D eigenvalue weighted by Gasteiger charge is 2.27. The predicted molar refractivity (Wildman–Crippen MR) is 100 cm³/mol. The number of anilines is 1. The number of nitriles is 1. The molecule has 1 atom stereocenters. The first kappa shape index (κ1) is 17.9. The van der Waals surface area contributed by atoms with Gasteiger partial charge in [-0.3, -0.25) is 4.90 Å². The molecule has 4 heterocycles. The van der Waals surface area contributed by atoms with Crippen molar-refractivity contribution in [3.8, 4) is 6.07 Å². The number of piperidine rings is 1. The predicted octanol–water partition coefficient (Wildman–Crippen LogP) is 1.30. The minimum absolute atomic E-state index is 0.322. The van der Waals surface area contributed by atoms with Crippen molar-refractivity contribution in [2.75, 3.05) is 44.3 Å². The molecule has 0 unspecified atom stereocenters. The number of rotatable bonds is 4. The van der Waals surface area contributed by atoms with E-state index < -0.39 is 0 Å². The van der Waals surface area contributed by atoms with E-state index in [0.29, 0.717) is 11.6 Å². The fraction of sp³-hybridized carbons (Fsp3) is 0.579. The van der Waals surface area contributed by atoms with Crippen LogP contribution in [0.2, 0.25) is 0 Å². The molecule has 8 nitrogen and oxygen atoms in total. The third-order valence-corrected chi connectivity index (χ3v) is 5.43. The van der Waals surface area contributed by atoms with Gasteiger partial charge in [0.25, 0.3) is 0 Å². The molecule has 2 aromatic heterocycles. The van der Waals surface area contributed by atoms with Crippen LogP contribution in [0.25, 0.3) is 0 Å². The monoisotopic (exact) mass is 367 g/mol. The summed E-state index contributed by atoms with van der Waals surface area (Å²) >= 11 is 0. The molecule has 0 aliphatic carbocycles. The van der Waals surface area contributed by atoms with Gasteiger partial charge in [-0.2, -0.15) is 5.26 Å². The van der Waals surface area contributed by atoms with Gasteiger partial charge in [0.15, 0.2) is 0 Å². The van der Waals surface area contributed by atoms with Gasteiger partial charge in [-0.25, -0.2) is 4.98 Å². The van der Waals surface area contributed by atoms with Gasteiger partial charge in [-0.05, 0) is 25.0 Å². The summed E-state index contributed by atoms with van der Waals surface area (Å²) in [7, 11) is 2.07. The van der Waals surface area contributed by atoms with Crippen LogP contribution in [-0.2, 0) is 18.3 Å². The Bertz CT molecular complexity index is 822. The quantitative estimate of drug-likeness (QED) is 0.805. The number of hydrogen-bond donors (Lipinski definition) is 0. The van der Waals surface area contributed by atoms with E-state index in [4.69, 9.17) is 10.00 Å². The fourth-order valence-electron chi connectivity index (χ4n) is 3.89. The zero-order valence-corrected chi connectivity index (χ0v) is 15.7. The van der Waals surface area contributed by atoms with Gasteiger partial charge in [-0.15, -0.1) is 10.2 Å². The van der Waals surface area contributed by atoms with E-state index in [-0.39, 0.29) is 0 Å². The molecule has 0 N–H and O–H groups in total. The maximum atomic E-state index is 9.10. The molecule has 2 aromatic rings. The molecular weight excluding hydrogens is 342 g/mol. The Balaban J connectivity index is 1.47. The summed E-state index contributed by atoms with van der Waals surface area (Å²) in [4.78, 5) is 9.07. The summed E-state index contributed by atoms with van der Waals surface area (Å²) in [5.74, 6) is 3.24. The zero-order chi connectivity index (χ0) is 18.6. The van der Waals surface area contributed by atoms with E-state index in [9.17, 15) is 0 Å². The lowest BCUT2D eigenvalue weighted by atomic mass is 9.97. The summed E-state index contributed by atoms with van der Waals surface area (Å²) < 4.78 is 7.58. The van der Waals surface area contributed by atoms with Crippen LogP contribution in [0.3, 0.4) is 0 Å². The lowest BCUT2D eigenvalue weighted by Gasteiger charge is -2.33. The number of ether oxygens (including phenoxy) is 1. The van der Waals surface area contributed by atoms with Gasteiger partial charge < -0.3 is 14.2 Å². The van der Waals surface area contributed by atoms with Gasteiger partial charge in [0.05, 0.1) is 19.8 Å². The van der Waals surface area contributed by atoms with Crippen LogP contribution in [-0.4, -0.2) is 64.0 Å². The minimum atomic E-state index is 0.322. The van der Waals surface area contributed by atoms with E-state index in [1.807, 2.05) is 12.1 Å². The van der Waals surface area contributed by atoms with Crippen molar-refractivity contribution in [2.45, 2.75) is 25.3 Å². The molecule has 2 aliphatic rings. The van der Waals surface area contributed by atoms with E-state index in [1.165, 1.54) is 0 Å². The summed E-state index contributed by atoms with van der Waals surface area (Å²) in [6.45, 7) is 6.09. The highest BCUT2D eigenvalue weighted by atomic mass is 16.5. The Labute approximate surface area is 159 Å². The second-order valence-electron chi connectivity index (χ2n) is 7.20. The van der Waals surface area contributed by atoms with E-state index >= 15 is 0 Å². The number of hydrogen-bond acceptors (Lipinski definition) is 7. The van der Waals surface area contributed by atoms with Crippen LogP contribution in [0.15, 0.2) is 18.2 Å². The Morgan fingerprint density at radius 1 is 1.22 bits per heavy atom. The normalized spacial score (nSPS) is 21.2. The van der Waals surface area contributed by atoms with Crippen molar-refractivity contribution in [1.82, 2.24) is 24.6 Å². The van der Waals surface area contributed by atoms with Crippen LogP contribution in [0.1, 0.15) is 36.1 Å². The first-order chi connectivity index (χ1) is 13.2. The molecule has 0 bridgehead atoms. The smallest absolute Gasteiger partial charge is 0.146 e. The summed E-state index contributed by atoms with van der Waals surface area (Å²) in [5, 5.41) is 18.1. The molecule has 142 valence electrons. The van der Waals surface area contributed by atoms with Gasteiger partial charge in [0, 0.05) is 39.1 Å². The van der Waals surface area contributed by atoms with E-state index in [0.717, 1.165) is 76.2 Å². The Morgan fingerprint density at radius 2 is 2.07 bits per heavy atom. The molecule has 4 rings (SSSR count). The van der Waals surface area contributed by atoms with E-state index in [1.54, 1.807) is 6.07 Å². The third kappa shape index (κ3) is 3.94. The van der Waals surface area contributed by atoms with Crippen molar-refractivity contribution in [1.29, 1.82) is 5.26 Å². The van der Waals surface area contributed by atoms with Crippen molar-refractivity contribution < 1.29 is 4.74 Å². The van der Waals surface area contributed by atoms with Crippen molar-refractivity contribution in [3.05, 3.63) is 35.5 Å². The van der Waals surface area contributed by atoms with Crippen molar-refractivity contribution in [3.63, 3.8) is 0 Å². The van der Waals surface area contributed by atoms with Crippen LogP contribution < -0.4 is 4.90 Å². The molecular formula is C19H25N7O. The van der Waals surface area contributed by atoms with Gasteiger partial charge >= 0.3 is 0 Å². The zero-order valence-electron chi connectivity index (χ0n) is 15.7. The maximum Gasteiger partial charge on any atom is 0.146 e. The second kappa shape index (κ2) is 8.03. The molecule has 0 amide bonds. The Morgan fingerprint density at radius 3 is 2.89 bits per heavy atom. The maximum absolute atomic E-state index is 9.10. The van der Waals surface area contributed by atoms with Gasteiger partial charge in [0.1, 0.15) is 29.2 Å². The van der Waals surface area contributed by atoms with Crippen LogP contribution in [0, 0.1) is 11.3 Å². The number of nitrogens with zero attached hydrogens (tertiary/aromatic N) is 7. The number of aromatic nitrogens is 4. The third-order valence-electron chi connectivity index (χ3n) is 5.43. The second-order valence-corrected chi connectivity index (χ2v) is 7.20. The molecule has 27 heavy (non-hydrogen) atoms. The largest absolute Gasteiger partial charge is 0.379 e. The minimum Gasteiger partial charge on any atom is -0.379 e. The molecule has 8 heteroatoms. The molecule has 2 aliphatic heterocycles. The highest BCUT2D eigenvalue weighted by Crippen LogP contribution is 2.28. The molecule has 0 aromatic carbocycles. The lowest BCUT2D eigenvalue weighted by molar-refractivity contribution is 0.0326. The Kier molecular flexibility index (Phi) is 5.32. The summed E-state index contributed by atoms with van der Waals surface area (Å²) in [5.41, 5.74) is 0.459. The highest BCUT2D eigenvalue weighted by molar-refractivity contribution is 5.42. The summed E-state index contributed by atoms with van der Waals surface area (Å²) in [6, 6.07) is 7.74. The van der Waals surface area contributed by atoms with Crippen LogP contribution in [0.4, 0.5) is 5.82 Å². The van der Waals surface area contributed by atoms with Crippen LogP contribution >= 0.6 is 0 Å². The average Bonchev–Trinajstić information content (AvgIpc) is 3.09. The molecule has 2 saturated heterocycles. The first-order valence-corrected chi connectivity index (χ1v) is 9.55. The molecule has 2 fully saturated rings. The number of pyridine rings is 1. The molecule has 0 radical (unpaired) electrons. The summed E-state index contributed by atoms with van der Waals surface area (Å²) in [6.07, 6.45) is 2.17. The molecule has 0 saturated carbocycles. The van der Waals surface area contributed by atoms with E-state index in [2.05, 4.69) is 42.7 Å². The van der Waals surface area contributed by atoms with Crippen molar-refractivity contribution in [2.24, 2.45) is 7.05 Å². The van der Waals surface area contributed by atoms with Crippen LogP contribution in [0.5, 0.6) is 0 Å². The topological polar surface area (TPSA) is 83.1 Å². The lowest BCUT2D eigenvalue weighted by Crippen LogP contribution is -2.37. The number of morpholine rings is 1. The Hall–Kier alpha value is -2.50. The standard InChI is InChI=1S/C19H25N7O/c1-24-18(14-25-8-10-27-11-9-25)22-23-19(24)15-4-3-7-26(13-15)17-6-2-5-16(12-20)21-17/h2,5-6,15H,3-4,7-11,13-14H2,1H3/t15-/m0/s1. The van der Waals surface area contributed by atoms with Gasteiger partial charge in [-0.1, -0.05) is 6.07 Å². The average molecular weight is 367 g/mol. The SMILES string of the molecule is Cn1c(CN2CCOCC2)nnc1[C@H]1CCCN(c2cccc(C#N)n2)C1. The molecule has 0 spiro atoms. The fourth-order valence-corrected chi connectivity index (χ4v) is 3.89.